The second-order valence-electron chi connectivity index (χ2n) is 4.57. The first-order chi connectivity index (χ1) is 9.44. The van der Waals surface area contributed by atoms with Crippen molar-refractivity contribution in [3.05, 3.63) is 12.0 Å². The zero-order valence-electron chi connectivity index (χ0n) is 12.1. The molecule has 0 saturated heterocycles. The third-order valence-corrected chi connectivity index (χ3v) is 4.69. The lowest BCUT2D eigenvalue weighted by atomic mass is 10.3. The average molecular weight is 368 g/mol. The lowest BCUT2D eigenvalue weighted by molar-refractivity contribution is 0.173. The van der Waals surface area contributed by atoms with Gasteiger partial charge in [-0.25, -0.2) is 18.1 Å². The molecule has 0 aromatic carbocycles. The van der Waals surface area contributed by atoms with Crippen LogP contribution in [0.3, 0.4) is 0 Å². The van der Waals surface area contributed by atoms with Crippen molar-refractivity contribution >= 4 is 26.0 Å². The molecule has 1 N–H and O–H groups in total. The highest BCUT2D eigenvalue weighted by Crippen LogP contribution is 2.11. The van der Waals surface area contributed by atoms with Gasteiger partial charge in [0, 0.05) is 31.2 Å². The second-order valence-corrected chi connectivity index (χ2v) is 7.02. The van der Waals surface area contributed by atoms with Gasteiger partial charge in [0.2, 0.25) is 0 Å². The Hall–Kier alpha value is -0.440. The maximum atomic E-state index is 12.3. The van der Waals surface area contributed by atoms with Crippen LogP contribution in [0, 0.1) is 6.92 Å². The van der Waals surface area contributed by atoms with Gasteiger partial charge in [-0.05, 0) is 19.8 Å². The molecule has 0 saturated carbocycles. The summed E-state index contributed by atoms with van der Waals surface area (Å²) in [4.78, 5) is 4.13. The number of ether oxygens (including phenoxy) is 1. The molecule has 116 valence electrons. The van der Waals surface area contributed by atoms with E-state index in [2.05, 4.69) is 25.6 Å². The molecule has 0 bridgehead atoms. The van der Waals surface area contributed by atoms with E-state index in [1.54, 1.807) is 20.2 Å². The monoisotopic (exact) mass is 367 g/mol. The summed E-state index contributed by atoms with van der Waals surface area (Å²) in [6, 6.07) is -0.263. The van der Waals surface area contributed by atoms with Crippen LogP contribution in [0.4, 0.5) is 0 Å². The Morgan fingerprint density at radius 2 is 2.25 bits per heavy atom. The number of imidazole rings is 1. The molecule has 0 amide bonds. The number of aryl methyl sites for hydroxylation is 2. The molecule has 0 fully saturated rings. The molecule has 0 aliphatic carbocycles. The molecule has 0 aliphatic heterocycles. The van der Waals surface area contributed by atoms with E-state index in [1.165, 1.54) is 0 Å². The zero-order chi connectivity index (χ0) is 15.2. The number of rotatable bonds is 9. The van der Waals surface area contributed by atoms with Crippen LogP contribution in [-0.2, 0) is 21.3 Å². The van der Waals surface area contributed by atoms with Crippen molar-refractivity contribution in [3.8, 4) is 0 Å². The highest BCUT2D eigenvalue weighted by atomic mass is 79.9. The lowest BCUT2D eigenvalue weighted by Crippen LogP contribution is -2.38. The molecule has 1 heterocycles. The van der Waals surface area contributed by atoms with Crippen LogP contribution in [0.5, 0.6) is 0 Å². The number of hydrogen-bond donors (Lipinski definition) is 1. The molecule has 20 heavy (non-hydrogen) atoms. The summed E-state index contributed by atoms with van der Waals surface area (Å²) in [5.74, 6) is 0.705. The fourth-order valence-corrected chi connectivity index (χ4v) is 3.68. The number of nitrogens with one attached hydrogen (secondary N) is 1. The fraction of sp³-hybridized carbons (Fsp3) is 0.750. The summed E-state index contributed by atoms with van der Waals surface area (Å²) in [5.41, 5.74) is 0. The molecule has 1 aromatic rings. The number of sulfonamides is 1. The molecular formula is C12H22BrN3O3S. The van der Waals surface area contributed by atoms with Crippen LogP contribution in [0.1, 0.15) is 25.6 Å². The smallest absolute Gasteiger partial charge is 0.259 e. The Morgan fingerprint density at radius 1 is 1.55 bits per heavy atom. The first-order valence-corrected chi connectivity index (χ1v) is 9.16. The largest absolute Gasteiger partial charge is 0.383 e. The van der Waals surface area contributed by atoms with E-state index in [0.29, 0.717) is 24.2 Å². The standard InChI is InChI=1S/C12H22BrN3O3S/c1-4-7-16-8-12(14-10(16)2)20(17,18)15-11(5-6-13)9-19-3/h8,11,15H,4-7,9H2,1-3H3. The first kappa shape index (κ1) is 17.6. The predicted octanol–water partition coefficient (Wildman–Crippen LogP) is 1.68. The van der Waals surface area contributed by atoms with Crippen molar-refractivity contribution in [2.24, 2.45) is 0 Å². The molecule has 1 unspecified atom stereocenters. The summed E-state index contributed by atoms with van der Waals surface area (Å²) < 4.78 is 34.1. The SMILES string of the molecule is CCCn1cc(S(=O)(=O)NC(CCBr)COC)nc1C. The van der Waals surface area contributed by atoms with Crippen molar-refractivity contribution in [1.29, 1.82) is 0 Å². The molecule has 0 aliphatic rings. The van der Waals surface area contributed by atoms with Crippen molar-refractivity contribution < 1.29 is 13.2 Å². The first-order valence-electron chi connectivity index (χ1n) is 6.55. The van der Waals surface area contributed by atoms with Crippen LogP contribution in [0.25, 0.3) is 0 Å². The molecular weight excluding hydrogens is 346 g/mol. The highest BCUT2D eigenvalue weighted by Gasteiger charge is 2.23. The van der Waals surface area contributed by atoms with Gasteiger partial charge in [0.1, 0.15) is 5.82 Å². The van der Waals surface area contributed by atoms with Crippen LogP contribution in [0.15, 0.2) is 11.2 Å². The Bertz CT molecular complexity index is 510. The van der Waals surface area contributed by atoms with E-state index in [4.69, 9.17) is 4.74 Å². The van der Waals surface area contributed by atoms with Gasteiger partial charge in [-0.1, -0.05) is 22.9 Å². The second kappa shape index (κ2) is 8.11. The maximum Gasteiger partial charge on any atom is 0.259 e. The van der Waals surface area contributed by atoms with Gasteiger partial charge in [0.25, 0.3) is 10.0 Å². The summed E-state index contributed by atoms with van der Waals surface area (Å²) in [5, 5.41) is 0.770. The van der Waals surface area contributed by atoms with Gasteiger partial charge in [-0.15, -0.1) is 0 Å². The minimum Gasteiger partial charge on any atom is -0.383 e. The van der Waals surface area contributed by atoms with E-state index < -0.39 is 10.0 Å². The highest BCUT2D eigenvalue weighted by molar-refractivity contribution is 9.09. The van der Waals surface area contributed by atoms with Crippen LogP contribution in [-0.4, -0.2) is 43.1 Å². The molecule has 1 atom stereocenters. The van der Waals surface area contributed by atoms with Crippen molar-refractivity contribution in [3.63, 3.8) is 0 Å². The number of methoxy groups -OCH3 is 1. The molecule has 1 rings (SSSR count). The van der Waals surface area contributed by atoms with E-state index >= 15 is 0 Å². The topological polar surface area (TPSA) is 73.2 Å². The van der Waals surface area contributed by atoms with Crippen LogP contribution >= 0.6 is 15.9 Å². The summed E-state index contributed by atoms with van der Waals surface area (Å²) in [7, 11) is -2.06. The third-order valence-electron chi connectivity index (χ3n) is 2.84. The number of hydrogen-bond acceptors (Lipinski definition) is 4. The Balaban J connectivity index is 2.89. The maximum absolute atomic E-state index is 12.3. The van der Waals surface area contributed by atoms with Gasteiger partial charge in [0.05, 0.1) is 6.61 Å². The van der Waals surface area contributed by atoms with Crippen molar-refractivity contribution in [2.45, 2.75) is 44.3 Å². The van der Waals surface area contributed by atoms with Crippen LogP contribution < -0.4 is 4.72 Å². The minimum atomic E-state index is -3.61. The minimum absolute atomic E-state index is 0.0686. The Kier molecular flexibility index (Phi) is 7.14. The Labute approximate surface area is 129 Å². The quantitative estimate of drug-likeness (QED) is 0.673. The fourth-order valence-electron chi connectivity index (χ4n) is 1.86. The molecule has 6 nitrogen and oxygen atoms in total. The average Bonchev–Trinajstić information content (AvgIpc) is 2.73. The Morgan fingerprint density at radius 3 is 2.80 bits per heavy atom. The summed E-state index contributed by atoms with van der Waals surface area (Å²) in [6.07, 6.45) is 3.17. The van der Waals surface area contributed by atoms with Gasteiger partial charge >= 0.3 is 0 Å². The molecule has 1 aromatic heterocycles. The van der Waals surface area contributed by atoms with E-state index in [1.807, 2.05) is 11.5 Å². The number of nitrogens with zero attached hydrogens (tertiary/aromatic N) is 2. The van der Waals surface area contributed by atoms with Gasteiger partial charge in [0.15, 0.2) is 5.03 Å². The molecule has 0 radical (unpaired) electrons. The summed E-state index contributed by atoms with van der Waals surface area (Å²) >= 11 is 3.31. The van der Waals surface area contributed by atoms with Crippen molar-refractivity contribution in [2.75, 3.05) is 19.0 Å². The molecule has 0 spiro atoms. The third kappa shape index (κ3) is 4.83. The van der Waals surface area contributed by atoms with Crippen molar-refractivity contribution in [1.82, 2.24) is 14.3 Å². The summed E-state index contributed by atoms with van der Waals surface area (Å²) in [6.45, 7) is 4.94. The van der Waals surface area contributed by atoms with E-state index in [-0.39, 0.29) is 11.1 Å². The number of alkyl halides is 1. The van der Waals surface area contributed by atoms with E-state index in [9.17, 15) is 8.42 Å². The number of halogens is 1. The van der Waals surface area contributed by atoms with Gasteiger partial charge in [-0.2, -0.15) is 0 Å². The lowest BCUT2D eigenvalue weighted by Gasteiger charge is -2.15. The van der Waals surface area contributed by atoms with Gasteiger partial charge < -0.3 is 9.30 Å². The molecule has 8 heteroatoms. The zero-order valence-corrected chi connectivity index (χ0v) is 14.5. The normalized spacial score (nSPS) is 13.6. The van der Waals surface area contributed by atoms with Gasteiger partial charge in [-0.3, -0.25) is 0 Å². The van der Waals surface area contributed by atoms with E-state index in [0.717, 1.165) is 13.0 Å². The number of aromatic nitrogens is 2. The van der Waals surface area contributed by atoms with Crippen LogP contribution in [0.2, 0.25) is 0 Å². The predicted molar refractivity (Wildman–Crippen MR) is 81.7 cm³/mol.